The number of carbonyl (C=O) groups is 2. The Balaban J connectivity index is 1.31. The zero-order valence-corrected chi connectivity index (χ0v) is 17.6. The summed E-state index contributed by atoms with van der Waals surface area (Å²) in [6.07, 6.45) is 0.412. The maximum Gasteiger partial charge on any atom is 0.321 e. The van der Waals surface area contributed by atoms with Crippen LogP contribution < -0.4 is 5.32 Å². The quantitative estimate of drug-likeness (QED) is 0.625. The lowest BCUT2D eigenvalue weighted by molar-refractivity contribution is -0.131. The highest BCUT2D eigenvalue weighted by molar-refractivity contribution is 9.10. The first-order valence-corrected chi connectivity index (χ1v) is 10.8. The van der Waals surface area contributed by atoms with Crippen molar-refractivity contribution >= 4 is 55.0 Å². The Bertz CT molecular complexity index is 994. The van der Waals surface area contributed by atoms with E-state index in [1.807, 2.05) is 41.3 Å². The molecule has 0 unspecified atom stereocenters. The van der Waals surface area contributed by atoms with Crippen molar-refractivity contribution in [3.63, 3.8) is 0 Å². The number of fused-ring (bicyclic) bond motifs is 1. The lowest BCUT2D eigenvalue weighted by Crippen LogP contribution is -2.52. The lowest BCUT2D eigenvalue weighted by Gasteiger charge is -2.34. The first-order valence-electron chi connectivity index (χ1n) is 9.14. The molecule has 3 amide bonds. The molecule has 1 N–H and O–H groups in total. The fraction of sp³-hybridized carbons (Fsp3) is 0.238. The molecule has 144 valence electrons. The summed E-state index contributed by atoms with van der Waals surface area (Å²) >= 11 is 5.06. The molecule has 7 heteroatoms. The normalized spacial score (nSPS) is 14.3. The molecular formula is C21H20BrN3O2S. The molecule has 1 fully saturated rings. The van der Waals surface area contributed by atoms with Crippen LogP contribution in [0, 0.1) is 0 Å². The number of piperazine rings is 1. The third kappa shape index (κ3) is 4.20. The molecule has 0 radical (unpaired) electrons. The number of anilines is 1. The Hall–Kier alpha value is -2.38. The van der Waals surface area contributed by atoms with Crippen LogP contribution in [0.3, 0.4) is 0 Å². The van der Waals surface area contributed by atoms with Crippen molar-refractivity contribution in [3.8, 4) is 0 Å². The second kappa shape index (κ2) is 8.32. The number of carbonyl (C=O) groups excluding carboxylic acids is 2. The fourth-order valence-corrected chi connectivity index (χ4v) is 4.57. The van der Waals surface area contributed by atoms with Crippen LogP contribution in [0.4, 0.5) is 10.5 Å². The summed E-state index contributed by atoms with van der Waals surface area (Å²) in [5.41, 5.74) is 1.84. The Kier molecular flexibility index (Phi) is 5.64. The van der Waals surface area contributed by atoms with E-state index >= 15 is 0 Å². The van der Waals surface area contributed by atoms with Gasteiger partial charge in [-0.2, -0.15) is 0 Å². The van der Waals surface area contributed by atoms with Gasteiger partial charge in [-0.05, 0) is 46.7 Å². The zero-order chi connectivity index (χ0) is 19.5. The van der Waals surface area contributed by atoms with Gasteiger partial charge < -0.3 is 15.1 Å². The molecule has 0 saturated carbocycles. The molecule has 28 heavy (non-hydrogen) atoms. The van der Waals surface area contributed by atoms with Crippen molar-refractivity contribution in [2.24, 2.45) is 0 Å². The number of thiophene rings is 1. The van der Waals surface area contributed by atoms with Crippen molar-refractivity contribution in [1.29, 1.82) is 0 Å². The van der Waals surface area contributed by atoms with E-state index in [0.29, 0.717) is 32.6 Å². The molecule has 0 bridgehead atoms. The van der Waals surface area contributed by atoms with Gasteiger partial charge in [0.05, 0.1) is 6.42 Å². The van der Waals surface area contributed by atoms with Crippen molar-refractivity contribution in [1.82, 2.24) is 9.80 Å². The van der Waals surface area contributed by atoms with E-state index in [0.717, 1.165) is 21.1 Å². The molecule has 5 nitrogen and oxygen atoms in total. The van der Waals surface area contributed by atoms with Crippen LogP contribution in [0.2, 0.25) is 0 Å². The van der Waals surface area contributed by atoms with Gasteiger partial charge >= 0.3 is 6.03 Å². The average Bonchev–Trinajstić information content (AvgIpc) is 3.13. The minimum atomic E-state index is -0.127. The Morgan fingerprint density at radius 1 is 0.964 bits per heavy atom. The molecular weight excluding hydrogens is 438 g/mol. The van der Waals surface area contributed by atoms with Gasteiger partial charge in [-0.1, -0.05) is 34.1 Å². The summed E-state index contributed by atoms with van der Waals surface area (Å²) in [5, 5.41) is 6.14. The molecule has 2 heterocycles. The summed E-state index contributed by atoms with van der Waals surface area (Å²) in [5.74, 6) is 0.122. The molecule has 4 rings (SSSR count). The Morgan fingerprint density at radius 3 is 2.39 bits per heavy atom. The van der Waals surface area contributed by atoms with Crippen LogP contribution in [0.1, 0.15) is 5.56 Å². The number of benzene rings is 2. The fourth-order valence-electron chi connectivity index (χ4n) is 3.34. The van der Waals surface area contributed by atoms with Crippen molar-refractivity contribution in [3.05, 3.63) is 63.9 Å². The smallest absolute Gasteiger partial charge is 0.321 e. The average molecular weight is 458 g/mol. The van der Waals surface area contributed by atoms with E-state index in [9.17, 15) is 9.59 Å². The largest absolute Gasteiger partial charge is 0.339 e. The summed E-state index contributed by atoms with van der Waals surface area (Å²) < 4.78 is 2.18. The molecule has 3 aromatic rings. The van der Waals surface area contributed by atoms with Crippen molar-refractivity contribution in [2.75, 3.05) is 31.5 Å². The van der Waals surface area contributed by atoms with Crippen LogP contribution in [-0.2, 0) is 11.2 Å². The number of rotatable bonds is 3. The van der Waals surface area contributed by atoms with Gasteiger partial charge in [0.2, 0.25) is 5.91 Å². The number of nitrogens with one attached hydrogen (secondary N) is 1. The minimum Gasteiger partial charge on any atom is -0.339 e. The van der Waals surface area contributed by atoms with Crippen LogP contribution in [0.15, 0.2) is 58.4 Å². The summed E-state index contributed by atoms with van der Waals surface area (Å²) in [6, 6.07) is 15.5. The standard InChI is InChI=1S/C21H20BrN3O2S/c22-16-5-7-17(8-6-16)23-21(27)25-11-9-24(10-12-25)20(26)13-15-14-28-19-4-2-1-3-18(15)19/h1-8,14H,9-13H2,(H,23,27). The number of nitrogens with zero attached hydrogens (tertiary/aromatic N) is 2. The summed E-state index contributed by atoms with van der Waals surface area (Å²) in [4.78, 5) is 28.8. The highest BCUT2D eigenvalue weighted by Crippen LogP contribution is 2.26. The van der Waals surface area contributed by atoms with Gasteiger partial charge in [0.1, 0.15) is 0 Å². The maximum absolute atomic E-state index is 12.7. The van der Waals surface area contributed by atoms with E-state index in [1.165, 1.54) is 4.70 Å². The van der Waals surface area contributed by atoms with Gasteiger partial charge in [0.25, 0.3) is 0 Å². The van der Waals surface area contributed by atoms with Gasteiger partial charge in [-0.3, -0.25) is 4.79 Å². The first kappa shape index (κ1) is 19.0. The zero-order valence-electron chi connectivity index (χ0n) is 15.2. The monoisotopic (exact) mass is 457 g/mol. The van der Waals surface area contributed by atoms with E-state index in [4.69, 9.17) is 0 Å². The predicted octanol–water partition coefficient (Wildman–Crippen LogP) is 4.58. The second-order valence-electron chi connectivity index (χ2n) is 6.74. The van der Waals surface area contributed by atoms with Gasteiger partial charge in [0, 0.05) is 41.0 Å². The van der Waals surface area contributed by atoms with E-state index < -0.39 is 0 Å². The molecule has 2 aromatic carbocycles. The number of halogens is 1. The van der Waals surface area contributed by atoms with Crippen LogP contribution in [-0.4, -0.2) is 47.9 Å². The first-order chi connectivity index (χ1) is 13.6. The van der Waals surface area contributed by atoms with E-state index in [1.54, 1.807) is 16.2 Å². The third-order valence-electron chi connectivity index (χ3n) is 4.92. The van der Waals surface area contributed by atoms with E-state index in [2.05, 4.69) is 38.8 Å². The number of urea groups is 1. The molecule has 0 aliphatic carbocycles. The lowest BCUT2D eigenvalue weighted by atomic mass is 10.1. The second-order valence-corrected chi connectivity index (χ2v) is 8.57. The molecule has 1 aliphatic rings. The Labute approximate surface area is 176 Å². The minimum absolute atomic E-state index is 0.122. The van der Waals surface area contributed by atoms with Gasteiger partial charge in [-0.25, -0.2) is 4.79 Å². The van der Waals surface area contributed by atoms with Crippen LogP contribution >= 0.6 is 27.3 Å². The topological polar surface area (TPSA) is 52.7 Å². The van der Waals surface area contributed by atoms with Crippen LogP contribution in [0.5, 0.6) is 0 Å². The van der Waals surface area contributed by atoms with E-state index in [-0.39, 0.29) is 11.9 Å². The van der Waals surface area contributed by atoms with Gasteiger partial charge in [-0.15, -0.1) is 11.3 Å². The molecule has 1 aliphatic heterocycles. The maximum atomic E-state index is 12.7. The van der Waals surface area contributed by atoms with Crippen LogP contribution in [0.25, 0.3) is 10.1 Å². The third-order valence-corrected chi connectivity index (χ3v) is 6.46. The summed E-state index contributed by atoms with van der Waals surface area (Å²) in [7, 11) is 0. The van der Waals surface area contributed by atoms with Gasteiger partial charge in [0.15, 0.2) is 0 Å². The SMILES string of the molecule is O=C(Cc1csc2ccccc12)N1CCN(C(=O)Nc2ccc(Br)cc2)CC1. The number of amides is 3. The highest BCUT2D eigenvalue weighted by Gasteiger charge is 2.24. The molecule has 1 aromatic heterocycles. The predicted molar refractivity (Wildman–Crippen MR) is 117 cm³/mol. The number of hydrogen-bond acceptors (Lipinski definition) is 3. The van der Waals surface area contributed by atoms with Crippen molar-refractivity contribution < 1.29 is 9.59 Å². The summed E-state index contributed by atoms with van der Waals surface area (Å²) in [6.45, 7) is 2.21. The highest BCUT2D eigenvalue weighted by atomic mass is 79.9. The number of hydrogen-bond donors (Lipinski definition) is 1. The molecule has 0 atom stereocenters. The van der Waals surface area contributed by atoms with Crippen molar-refractivity contribution in [2.45, 2.75) is 6.42 Å². The Morgan fingerprint density at radius 2 is 1.64 bits per heavy atom. The molecule has 1 saturated heterocycles. The molecule has 0 spiro atoms.